The van der Waals surface area contributed by atoms with Crippen LogP contribution in [0.15, 0.2) is 0 Å². The van der Waals surface area contributed by atoms with Crippen molar-refractivity contribution >= 4 is 5.91 Å². The number of hydrogen-bond acceptors (Lipinski definition) is 2. The highest BCUT2D eigenvalue weighted by atomic mass is 16.1. The van der Waals surface area contributed by atoms with E-state index in [2.05, 4.69) is 19.2 Å². The summed E-state index contributed by atoms with van der Waals surface area (Å²) in [6, 6.07) is 0. The molecule has 0 bridgehead atoms. The van der Waals surface area contributed by atoms with Gasteiger partial charge in [0.2, 0.25) is 5.91 Å². The van der Waals surface area contributed by atoms with E-state index < -0.39 is 0 Å². The summed E-state index contributed by atoms with van der Waals surface area (Å²) in [5.74, 6) is 0.785. The van der Waals surface area contributed by atoms with Crippen molar-refractivity contribution < 1.29 is 4.79 Å². The molecule has 0 heterocycles. The van der Waals surface area contributed by atoms with Crippen LogP contribution in [0.4, 0.5) is 0 Å². The molecule has 1 atom stereocenters. The molecular weight excluding hydrogens is 200 g/mol. The average Bonchev–Trinajstić information content (AvgIpc) is 3.08. The minimum Gasteiger partial charge on any atom is -0.349 e. The molecule has 0 aromatic carbocycles. The second-order valence-corrected chi connectivity index (χ2v) is 5.25. The molecule has 3 heteroatoms. The van der Waals surface area contributed by atoms with Gasteiger partial charge in [-0.05, 0) is 32.1 Å². The molecule has 0 spiro atoms. The van der Waals surface area contributed by atoms with Crippen molar-refractivity contribution in [2.24, 2.45) is 11.7 Å². The standard InChI is InChI=1S/C13H26N2O/c1-3-4-5-6-7-12(16)15-13(2,10-14)11-8-9-11/h11H,3-10,14H2,1-2H3,(H,15,16). The first-order chi connectivity index (χ1) is 7.62. The van der Waals surface area contributed by atoms with Gasteiger partial charge in [-0.3, -0.25) is 4.79 Å². The number of amides is 1. The van der Waals surface area contributed by atoms with Crippen LogP contribution in [0.25, 0.3) is 0 Å². The van der Waals surface area contributed by atoms with Crippen LogP contribution in [0.5, 0.6) is 0 Å². The second-order valence-electron chi connectivity index (χ2n) is 5.25. The predicted octanol–water partition coefficient (Wildman–Crippen LogP) is 2.20. The van der Waals surface area contributed by atoms with Gasteiger partial charge in [0.1, 0.15) is 0 Å². The van der Waals surface area contributed by atoms with Gasteiger partial charge < -0.3 is 11.1 Å². The number of hydrogen-bond donors (Lipinski definition) is 2. The first kappa shape index (κ1) is 13.5. The first-order valence-corrected chi connectivity index (χ1v) is 6.63. The molecule has 1 amide bonds. The molecule has 1 aliphatic rings. The molecular formula is C13H26N2O. The Morgan fingerprint density at radius 1 is 1.38 bits per heavy atom. The van der Waals surface area contributed by atoms with E-state index in [4.69, 9.17) is 5.73 Å². The molecule has 1 aliphatic carbocycles. The minimum absolute atomic E-state index is 0.151. The molecule has 1 saturated carbocycles. The average molecular weight is 226 g/mol. The third kappa shape index (κ3) is 4.12. The smallest absolute Gasteiger partial charge is 0.220 e. The summed E-state index contributed by atoms with van der Waals surface area (Å²) in [5.41, 5.74) is 5.61. The topological polar surface area (TPSA) is 55.1 Å². The number of carbonyl (C=O) groups is 1. The monoisotopic (exact) mass is 226 g/mol. The van der Waals surface area contributed by atoms with Gasteiger partial charge in [-0.15, -0.1) is 0 Å². The van der Waals surface area contributed by atoms with Crippen LogP contribution in [-0.2, 0) is 4.79 Å². The van der Waals surface area contributed by atoms with E-state index >= 15 is 0 Å². The Morgan fingerprint density at radius 3 is 2.56 bits per heavy atom. The molecule has 94 valence electrons. The summed E-state index contributed by atoms with van der Waals surface area (Å²) >= 11 is 0. The summed E-state index contributed by atoms with van der Waals surface area (Å²) in [7, 11) is 0. The van der Waals surface area contributed by atoms with Crippen LogP contribution >= 0.6 is 0 Å². The quantitative estimate of drug-likeness (QED) is 0.623. The van der Waals surface area contributed by atoms with Crippen LogP contribution in [0.3, 0.4) is 0 Å². The molecule has 1 fully saturated rings. The van der Waals surface area contributed by atoms with Crippen molar-refractivity contribution in [2.75, 3.05) is 6.54 Å². The molecule has 0 radical (unpaired) electrons. The Bertz CT molecular complexity index is 226. The van der Waals surface area contributed by atoms with E-state index in [1.54, 1.807) is 0 Å². The SMILES string of the molecule is CCCCCCC(=O)NC(C)(CN)C1CC1. The number of nitrogens with one attached hydrogen (secondary N) is 1. The summed E-state index contributed by atoms with van der Waals surface area (Å²) in [6.07, 6.45) is 7.68. The van der Waals surface area contributed by atoms with Gasteiger partial charge in [-0.2, -0.15) is 0 Å². The molecule has 1 rings (SSSR count). The van der Waals surface area contributed by atoms with Crippen molar-refractivity contribution in [3.05, 3.63) is 0 Å². The van der Waals surface area contributed by atoms with E-state index in [-0.39, 0.29) is 11.4 Å². The Morgan fingerprint density at radius 2 is 2.06 bits per heavy atom. The number of nitrogens with two attached hydrogens (primary N) is 1. The van der Waals surface area contributed by atoms with Gasteiger partial charge in [-0.25, -0.2) is 0 Å². The van der Waals surface area contributed by atoms with Crippen LogP contribution < -0.4 is 11.1 Å². The van der Waals surface area contributed by atoms with Crippen molar-refractivity contribution in [1.82, 2.24) is 5.32 Å². The van der Waals surface area contributed by atoms with Gasteiger partial charge in [0.15, 0.2) is 0 Å². The molecule has 3 N–H and O–H groups in total. The van der Waals surface area contributed by atoms with Crippen LogP contribution in [0, 0.1) is 5.92 Å². The molecule has 1 unspecified atom stereocenters. The predicted molar refractivity (Wildman–Crippen MR) is 67.1 cm³/mol. The van der Waals surface area contributed by atoms with Gasteiger partial charge in [0, 0.05) is 13.0 Å². The van der Waals surface area contributed by atoms with E-state index in [0.29, 0.717) is 18.9 Å². The summed E-state index contributed by atoms with van der Waals surface area (Å²) in [6.45, 7) is 4.81. The van der Waals surface area contributed by atoms with Crippen molar-refractivity contribution in [1.29, 1.82) is 0 Å². The van der Waals surface area contributed by atoms with Crippen molar-refractivity contribution in [3.63, 3.8) is 0 Å². The summed E-state index contributed by atoms with van der Waals surface area (Å²) in [4.78, 5) is 11.7. The normalized spacial score (nSPS) is 19.2. The lowest BCUT2D eigenvalue weighted by Crippen LogP contribution is -2.53. The third-order valence-corrected chi connectivity index (χ3v) is 3.58. The molecule has 0 aliphatic heterocycles. The number of unbranched alkanes of at least 4 members (excludes halogenated alkanes) is 3. The van der Waals surface area contributed by atoms with Gasteiger partial charge >= 0.3 is 0 Å². The summed E-state index contributed by atoms with van der Waals surface area (Å²) < 4.78 is 0. The van der Waals surface area contributed by atoms with Gasteiger partial charge in [0.25, 0.3) is 0 Å². The fourth-order valence-corrected chi connectivity index (χ4v) is 2.13. The minimum atomic E-state index is -0.151. The fourth-order valence-electron chi connectivity index (χ4n) is 2.13. The Kier molecular flexibility index (Phi) is 5.26. The zero-order valence-electron chi connectivity index (χ0n) is 10.7. The zero-order valence-corrected chi connectivity index (χ0v) is 10.7. The maximum absolute atomic E-state index is 11.7. The highest BCUT2D eigenvalue weighted by molar-refractivity contribution is 5.76. The Hall–Kier alpha value is -0.570. The highest BCUT2D eigenvalue weighted by Gasteiger charge is 2.41. The van der Waals surface area contributed by atoms with Crippen LogP contribution in [-0.4, -0.2) is 18.0 Å². The molecule has 0 aromatic rings. The Balaban J connectivity index is 2.21. The van der Waals surface area contributed by atoms with Crippen LogP contribution in [0.2, 0.25) is 0 Å². The highest BCUT2D eigenvalue weighted by Crippen LogP contribution is 2.38. The van der Waals surface area contributed by atoms with Crippen molar-refractivity contribution in [2.45, 2.75) is 64.3 Å². The zero-order chi connectivity index (χ0) is 12.0. The summed E-state index contributed by atoms with van der Waals surface area (Å²) in [5, 5.41) is 3.12. The Labute approximate surface area is 99.2 Å². The molecule has 0 aromatic heterocycles. The second kappa shape index (κ2) is 6.24. The number of carbonyl (C=O) groups excluding carboxylic acids is 1. The largest absolute Gasteiger partial charge is 0.349 e. The molecule has 0 saturated heterocycles. The van der Waals surface area contributed by atoms with Crippen LogP contribution in [0.1, 0.15) is 58.8 Å². The first-order valence-electron chi connectivity index (χ1n) is 6.63. The third-order valence-electron chi connectivity index (χ3n) is 3.58. The number of rotatable bonds is 8. The lowest BCUT2D eigenvalue weighted by Gasteiger charge is -2.29. The van der Waals surface area contributed by atoms with Gasteiger partial charge in [0.05, 0.1) is 5.54 Å². The lowest BCUT2D eigenvalue weighted by molar-refractivity contribution is -0.123. The van der Waals surface area contributed by atoms with Gasteiger partial charge in [-0.1, -0.05) is 26.2 Å². The van der Waals surface area contributed by atoms with E-state index in [1.165, 1.54) is 25.7 Å². The van der Waals surface area contributed by atoms with E-state index in [0.717, 1.165) is 12.8 Å². The fraction of sp³-hybridized carbons (Fsp3) is 0.923. The van der Waals surface area contributed by atoms with E-state index in [1.807, 2.05) is 0 Å². The van der Waals surface area contributed by atoms with Crippen molar-refractivity contribution in [3.8, 4) is 0 Å². The van der Waals surface area contributed by atoms with E-state index in [9.17, 15) is 4.79 Å². The maximum atomic E-state index is 11.7. The molecule has 3 nitrogen and oxygen atoms in total. The lowest BCUT2D eigenvalue weighted by atomic mass is 9.95. The molecule has 16 heavy (non-hydrogen) atoms. The maximum Gasteiger partial charge on any atom is 0.220 e.